The minimum Gasteiger partial charge on any atom is -0.505 e. The van der Waals surface area contributed by atoms with E-state index in [1.165, 1.54) is 0 Å². The largest absolute Gasteiger partial charge is 0.505 e. The second-order valence-corrected chi connectivity index (χ2v) is 5.28. The van der Waals surface area contributed by atoms with Crippen molar-refractivity contribution in [1.29, 1.82) is 0 Å². The van der Waals surface area contributed by atoms with Gasteiger partial charge in [-0.2, -0.15) is 8.42 Å². The normalized spacial score (nSPS) is 11.7. The maximum atomic E-state index is 10.8. The quantitative estimate of drug-likeness (QED) is 0.616. The number of phenolic OH excluding ortho intramolecular Hbond substituents is 1. The van der Waals surface area contributed by atoms with Crippen LogP contribution in [0.3, 0.4) is 0 Å². The Morgan fingerprint density at radius 1 is 1.36 bits per heavy atom. The van der Waals surface area contributed by atoms with Gasteiger partial charge in [0, 0.05) is 0 Å². The van der Waals surface area contributed by atoms with Gasteiger partial charge >= 0.3 is 0 Å². The van der Waals surface area contributed by atoms with Crippen LogP contribution in [0.25, 0.3) is 0 Å². The zero-order valence-corrected chi connectivity index (χ0v) is 10.2. The Morgan fingerprint density at radius 2 is 1.86 bits per heavy atom. The standard InChI is InChI=1S/C6H3BrCl2O4S/c7-4-5(9)3(14(11,12)13)1-2(8)6(4)10/h1,10H,(H,11,12,13). The third-order valence-electron chi connectivity index (χ3n) is 1.38. The molecular formula is C6H3BrCl2O4S. The van der Waals surface area contributed by atoms with E-state index in [0.717, 1.165) is 6.07 Å². The van der Waals surface area contributed by atoms with E-state index >= 15 is 0 Å². The molecule has 1 aromatic rings. The van der Waals surface area contributed by atoms with Crippen molar-refractivity contribution in [3.8, 4) is 5.75 Å². The van der Waals surface area contributed by atoms with Crippen molar-refractivity contribution >= 4 is 49.2 Å². The highest BCUT2D eigenvalue weighted by atomic mass is 79.9. The van der Waals surface area contributed by atoms with Gasteiger partial charge in [0.2, 0.25) is 0 Å². The Kier molecular flexibility index (Phi) is 3.33. The van der Waals surface area contributed by atoms with Crippen LogP contribution in [0.4, 0.5) is 0 Å². The lowest BCUT2D eigenvalue weighted by Gasteiger charge is -2.06. The fourth-order valence-corrected chi connectivity index (χ4v) is 2.72. The number of benzene rings is 1. The molecule has 1 rings (SSSR count). The van der Waals surface area contributed by atoms with E-state index in [4.69, 9.17) is 27.8 Å². The molecular weight excluding hydrogens is 319 g/mol. The van der Waals surface area contributed by atoms with Crippen LogP contribution in [0.15, 0.2) is 15.4 Å². The molecule has 0 saturated carbocycles. The molecule has 0 unspecified atom stereocenters. The molecule has 4 nitrogen and oxygen atoms in total. The smallest absolute Gasteiger partial charge is 0.296 e. The number of hydrogen-bond acceptors (Lipinski definition) is 3. The first-order chi connectivity index (χ1) is 6.25. The molecule has 0 aliphatic carbocycles. The Balaban J connectivity index is 3.66. The number of aromatic hydroxyl groups is 1. The number of rotatable bonds is 1. The van der Waals surface area contributed by atoms with Crippen molar-refractivity contribution in [3.05, 3.63) is 20.6 Å². The fourth-order valence-electron chi connectivity index (χ4n) is 0.751. The first-order valence-corrected chi connectivity index (χ1v) is 6.08. The van der Waals surface area contributed by atoms with Crippen LogP contribution >= 0.6 is 39.1 Å². The van der Waals surface area contributed by atoms with Crippen molar-refractivity contribution in [3.63, 3.8) is 0 Å². The number of halogens is 3. The molecule has 0 saturated heterocycles. The van der Waals surface area contributed by atoms with E-state index < -0.39 is 15.0 Å². The Labute approximate surface area is 98.3 Å². The molecule has 0 heterocycles. The number of hydrogen-bond donors (Lipinski definition) is 2. The first kappa shape index (κ1) is 12.1. The SMILES string of the molecule is O=S(=O)(O)c1cc(Cl)c(O)c(Br)c1Cl. The van der Waals surface area contributed by atoms with E-state index in [-0.39, 0.29) is 20.3 Å². The van der Waals surface area contributed by atoms with Crippen LogP contribution in [0.5, 0.6) is 5.75 Å². The summed E-state index contributed by atoms with van der Waals surface area (Å²) in [6.45, 7) is 0. The first-order valence-electron chi connectivity index (χ1n) is 3.09. The predicted molar refractivity (Wildman–Crippen MR) is 55.6 cm³/mol. The lowest BCUT2D eigenvalue weighted by Crippen LogP contribution is -1.99. The average Bonchev–Trinajstić information content (AvgIpc) is 2.06. The van der Waals surface area contributed by atoms with Gasteiger partial charge in [-0.1, -0.05) is 23.2 Å². The Bertz CT molecular complexity index is 485. The summed E-state index contributed by atoms with van der Waals surface area (Å²) in [6.07, 6.45) is 0. The van der Waals surface area contributed by atoms with Crippen molar-refractivity contribution in [2.24, 2.45) is 0 Å². The van der Waals surface area contributed by atoms with Crippen LogP contribution in [-0.4, -0.2) is 18.1 Å². The van der Waals surface area contributed by atoms with Gasteiger partial charge in [0.25, 0.3) is 10.1 Å². The predicted octanol–water partition coefficient (Wildman–Crippen LogP) is 2.71. The molecule has 0 atom stereocenters. The van der Waals surface area contributed by atoms with Crippen molar-refractivity contribution < 1.29 is 18.1 Å². The third kappa shape index (κ3) is 2.14. The van der Waals surface area contributed by atoms with E-state index in [1.807, 2.05) is 0 Å². The molecule has 14 heavy (non-hydrogen) atoms. The summed E-state index contributed by atoms with van der Waals surface area (Å²) in [4.78, 5) is -0.561. The van der Waals surface area contributed by atoms with Gasteiger partial charge in [0.15, 0.2) is 0 Å². The second kappa shape index (κ2) is 3.86. The minimum atomic E-state index is -4.45. The third-order valence-corrected chi connectivity index (χ3v) is 4.05. The van der Waals surface area contributed by atoms with Gasteiger partial charge in [-0.05, 0) is 22.0 Å². The van der Waals surface area contributed by atoms with Crippen LogP contribution in [0.1, 0.15) is 0 Å². The molecule has 78 valence electrons. The molecule has 0 amide bonds. The highest BCUT2D eigenvalue weighted by molar-refractivity contribution is 9.10. The van der Waals surface area contributed by atoms with Crippen molar-refractivity contribution in [2.45, 2.75) is 4.90 Å². The summed E-state index contributed by atoms with van der Waals surface area (Å²) in [7, 11) is -4.45. The topological polar surface area (TPSA) is 74.6 Å². The summed E-state index contributed by atoms with van der Waals surface area (Å²) >= 11 is 13.9. The lowest BCUT2D eigenvalue weighted by atomic mass is 10.3. The molecule has 8 heteroatoms. The maximum Gasteiger partial charge on any atom is 0.296 e. The zero-order valence-electron chi connectivity index (χ0n) is 6.33. The van der Waals surface area contributed by atoms with Crippen LogP contribution in [0.2, 0.25) is 10.0 Å². The molecule has 0 radical (unpaired) electrons. The fraction of sp³-hybridized carbons (Fsp3) is 0. The van der Waals surface area contributed by atoms with Crippen molar-refractivity contribution in [1.82, 2.24) is 0 Å². The van der Waals surface area contributed by atoms with Gasteiger partial charge in [-0.25, -0.2) is 0 Å². The van der Waals surface area contributed by atoms with Crippen LogP contribution in [-0.2, 0) is 10.1 Å². The van der Waals surface area contributed by atoms with Gasteiger partial charge in [-0.15, -0.1) is 0 Å². The molecule has 0 bridgehead atoms. The van der Waals surface area contributed by atoms with Gasteiger partial charge in [0.05, 0.1) is 14.5 Å². The minimum absolute atomic E-state index is 0.0840. The molecule has 0 aliphatic rings. The van der Waals surface area contributed by atoms with Crippen molar-refractivity contribution in [2.75, 3.05) is 0 Å². The lowest BCUT2D eigenvalue weighted by molar-refractivity contribution is 0.470. The molecule has 2 N–H and O–H groups in total. The summed E-state index contributed by atoms with van der Waals surface area (Å²) in [5.74, 6) is -0.385. The molecule has 0 aromatic heterocycles. The van der Waals surface area contributed by atoms with E-state index in [2.05, 4.69) is 15.9 Å². The Morgan fingerprint density at radius 3 is 2.29 bits per heavy atom. The summed E-state index contributed by atoms with van der Waals surface area (Å²) in [5, 5.41) is 8.69. The second-order valence-electron chi connectivity index (χ2n) is 2.31. The molecule has 1 aromatic carbocycles. The molecule has 0 fully saturated rings. The summed E-state index contributed by atoms with van der Waals surface area (Å²) in [6, 6.07) is 0.860. The Hall–Kier alpha value is -0.0100. The summed E-state index contributed by atoms with van der Waals surface area (Å²) in [5.41, 5.74) is 0. The van der Waals surface area contributed by atoms with Crippen LogP contribution < -0.4 is 0 Å². The molecule has 0 spiro atoms. The van der Waals surface area contributed by atoms with Gasteiger partial charge < -0.3 is 5.11 Å². The van der Waals surface area contributed by atoms with E-state index in [9.17, 15) is 13.5 Å². The van der Waals surface area contributed by atoms with E-state index in [1.54, 1.807) is 0 Å². The monoisotopic (exact) mass is 320 g/mol. The van der Waals surface area contributed by atoms with Gasteiger partial charge in [-0.3, -0.25) is 4.55 Å². The number of phenols is 1. The highest BCUT2D eigenvalue weighted by Gasteiger charge is 2.21. The average molecular weight is 322 g/mol. The van der Waals surface area contributed by atoms with E-state index in [0.29, 0.717) is 0 Å². The highest BCUT2D eigenvalue weighted by Crippen LogP contribution is 2.41. The molecule has 0 aliphatic heterocycles. The summed E-state index contributed by atoms with van der Waals surface area (Å²) < 4.78 is 30.2. The van der Waals surface area contributed by atoms with Crippen LogP contribution in [0, 0.1) is 0 Å². The van der Waals surface area contributed by atoms with Gasteiger partial charge in [0.1, 0.15) is 10.6 Å². The zero-order chi connectivity index (χ0) is 11.1. The maximum absolute atomic E-state index is 10.8.